The molecule has 2 rings (SSSR count). The third kappa shape index (κ3) is 4.72. The molecule has 5 amide bonds. The van der Waals surface area contributed by atoms with Gasteiger partial charge in [0.05, 0.1) is 0 Å². The largest absolute Gasteiger partial charge is 0.370 e. The fourth-order valence-electron chi connectivity index (χ4n) is 2.80. The molecular formula is C19H24N4O4. The van der Waals surface area contributed by atoms with Gasteiger partial charge in [-0.15, -0.1) is 6.58 Å². The Bertz CT molecular complexity index is 762. The summed E-state index contributed by atoms with van der Waals surface area (Å²) in [5.41, 5.74) is 2.21. The van der Waals surface area contributed by atoms with Crippen LogP contribution in [0.2, 0.25) is 0 Å². The zero-order valence-corrected chi connectivity index (χ0v) is 15.6. The number of benzene rings is 1. The Balaban J connectivity index is 1.87. The van der Waals surface area contributed by atoms with E-state index in [2.05, 4.69) is 22.9 Å². The summed E-state index contributed by atoms with van der Waals surface area (Å²) in [7, 11) is 0. The van der Waals surface area contributed by atoms with Crippen LogP contribution in [0.4, 0.5) is 10.5 Å². The number of carbonyl (C=O) groups is 4. The molecule has 1 aliphatic rings. The third-order valence-corrected chi connectivity index (χ3v) is 4.20. The summed E-state index contributed by atoms with van der Waals surface area (Å²) in [5.74, 6) is -2.43. The second-order valence-corrected chi connectivity index (χ2v) is 6.15. The molecular weight excluding hydrogens is 348 g/mol. The van der Waals surface area contributed by atoms with Crippen molar-refractivity contribution in [1.29, 1.82) is 0 Å². The maximum atomic E-state index is 12.1. The number of nitrogens with zero attached hydrogens (tertiary/aromatic N) is 3. The number of amides is 5. The Morgan fingerprint density at radius 2 is 1.93 bits per heavy atom. The van der Waals surface area contributed by atoms with Crippen LogP contribution in [-0.4, -0.2) is 66.3 Å². The predicted octanol–water partition coefficient (Wildman–Crippen LogP) is 0.914. The minimum absolute atomic E-state index is 0.0660. The molecule has 27 heavy (non-hydrogen) atoms. The number of hydrogen-bond acceptors (Lipinski definition) is 5. The molecule has 1 heterocycles. The van der Waals surface area contributed by atoms with Gasteiger partial charge in [0.2, 0.25) is 5.91 Å². The number of aryl methyl sites for hydroxylation is 1. The number of urea groups is 1. The van der Waals surface area contributed by atoms with E-state index in [0.29, 0.717) is 18.0 Å². The molecule has 0 aromatic heterocycles. The van der Waals surface area contributed by atoms with Gasteiger partial charge in [0, 0.05) is 31.9 Å². The first-order valence-electron chi connectivity index (χ1n) is 8.75. The maximum absolute atomic E-state index is 12.1. The van der Waals surface area contributed by atoms with Crippen molar-refractivity contribution in [3.63, 3.8) is 0 Å². The first-order valence-corrected chi connectivity index (χ1v) is 8.75. The highest BCUT2D eigenvalue weighted by molar-refractivity contribution is 6.45. The molecule has 0 radical (unpaired) electrons. The molecule has 0 saturated carbocycles. The van der Waals surface area contributed by atoms with Gasteiger partial charge in [0.25, 0.3) is 0 Å². The molecule has 1 N–H and O–H groups in total. The van der Waals surface area contributed by atoms with Crippen LogP contribution in [0.3, 0.4) is 0 Å². The number of nitrogens with one attached hydrogen (secondary N) is 1. The van der Waals surface area contributed by atoms with Gasteiger partial charge in [0.1, 0.15) is 6.54 Å². The van der Waals surface area contributed by atoms with Gasteiger partial charge in [-0.25, -0.2) is 9.69 Å². The average Bonchev–Trinajstić information content (AvgIpc) is 2.83. The number of likely N-dealkylation sites (N-methyl/N-ethyl adjacent to an activating group) is 1. The van der Waals surface area contributed by atoms with Crippen LogP contribution in [0.1, 0.15) is 12.5 Å². The minimum Gasteiger partial charge on any atom is -0.370 e. The van der Waals surface area contributed by atoms with Crippen LogP contribution >= 0.6 is 0 Å². The molecule has 8 nitrogen and oxygen atoms in total. The second-order valence-electron chi connectivity index (χ2n) is 6.15. The normalized spacial score (nSPS) is 13.9. The molecule has 8 heteroatoms. The lowest BCUT2D eigenvalue weighted by atomic mass is 10.2. The second kappa shape index (κ2) is 8.98. The Morgan fingerprint density at radius 3 is 2.56 bits per heavy atom. The Hall–Kier alpha value is -3.16. The van der Waals surface area contributed by atoms with Crippen LogP contribution in [-0.2, 0) is 14.4 Å². The lowest BCUT2D eigenvalue weighted by molar-refractivity contribution is -0.143. The Morgan fingerprint density at radius 1 is 1.22 bits per heavy atom. The molecule has 0 spiro atoms. The van der Waals surface area contributed by atoms with E-state index in [1.165, 1.54) is 6.08 Å². The van der Waals surface area contributed by atoms with Crippen molar-refractivity contribution in [2.45, 2.75) is 13.8 Å². The molecule has 144 valence electrons. The third-order valence-electron chi connectivity index (χ3n) is 4.20. The average molecular weight is 372 g/mol. The van der Waals surface area contributed by atoms with E-state index < -0.39 is 30.3 Å². The minimum atomic E-state index is -0.994. The van der Waals surface area contributed by atoms with E-state index in [9.17, 15) is 19.2 Å². The van der Waals surface area contributed by atoms with E-state index in [0.717, 1.165) is 22.7 Å². The molecule has 1 aliphatic heterocycles. The van der Waals surface area contributed by atoms with E-state index in [1.54, 1.807) is 0 Å². The molecule has 0 aliphatic carbocycles. The lowest BCUT2D eigenvalue weighted by Gasteiger charge is -2.24. The van der Waals surface area contributed by atoms with Crippen molar-refractivity contribution >= 4 is 29.4 Å². The molecule has 1 aromatic rings. The van der Waals surface area contributed by atoms with Gasteiger partial charge in [-0.1, -0.05) is 18.2 Å². The predicted molar refractivity (Wildman–Crippen MR) is 101 cm³/mol. The summed E-state index contributed by atoms with van der Waals surface area (Å²) in [6, 6.07) is 7.25. The summed E-state index contributed by atoms with van der Waals surface area (Å²) in [6.45, 7) is 8.63. The zero-order valence-electron chi connectivity index (χ0n) is 15.6. The van der Waals surface area contributed by atoms with Gasteiger partial charge >= 0.3 is 17.8 Å². The number of imide groups is 2. The van der Waals surface area contributed by atoms with Crippen LogP contribution in [0.15, 0.2) is 36.9 Å². The topological polar surface area (TPSA) is 90.0 Å². The van der Waals surface area contributed by atoms with Gasteiger partial charge in [0.15, 0.2) is 0 Å². The van der Waals surface area contributed by atoms with Crippen molar-refractivity contribution in [2.75, 3.05) is 37.6 Å². The summed E-state index contributed by atoms with van der Waals surface area (Å²) < 4.78 is 0. The molecule has 0 bridgehead atoms. The zero-order chi connectivity index (χ0) is 20.0. The smallest absolute Gasteiger partial charge is 0.335 e. The Kier molecular flexibility index (Phi) is 6.70. The highest BCUT2D eigenvalue weighted by atomic mass is 16.2. The summed E-state index contributed by atoms with van der Waals surface area (Å²) in [5, 5.41) is 2.68. The van der Waals surface area contributed by atoms with Crippen molar-refractivity contribution in [3.8, 4) is 0 Å². The SMILES string of the molecule is C=CCN1C(=O)C(=O)N(CC(=O)NCCN(CC)c2cccc(C)c2)C1=O. The van der Waals surface area contributed by atoms with E-state index in [4.69, 9.17) is 0 Å². The van der Waals surface area contributed by atoms with E-state index in [1.807, 2.05) is 32.0 Å². The summed E-state index contributed by atoms with van der Waals surface area (Å²) >= 11 is 0. The lowest BCUT2D eigenvalue weighted by Crippen LogP contribution is -2.43. The van der Waals surface area contributed by atoms with Crippen molar-refractivity contribution in [2.24, 2.45) is 0 Å². The van der Waals surface area contributed by atoms with Crippen molar-refractivity contribution < 1.29 is 19.2 Å². The molecule has 0 unspecified atom stereocenters. The number of hydrogen-bond donors (Lipinski definition) is 1. The molecule has 1 fully saturated rings. The first kappa shape index (κ1) is 20.2. The summed E-state index contributed by atoms with van der Waals surface area (Å²) in [4.78, 5) is 51.3. The maximum Gasteiger partial charge on any atom is 0.335 e. The number of carbonyl (C=O) groups excluding carboxylic acids is 4. The van der Waals surface area contributed by atoms with Gasteiger partial charge in [-0.05, 0) is 31.5 Å². The standard InChI is InChI=1S/C19H24N4O4/c1-4-10-22-17(25)18(26)23(19(22)27)13-16(24)20-9-11-21(5-2)15-8-6-7-14(3)12-15/h4,6-8,12H,1,5,9-11,13H2,2-3H3,(H,20,24). The van der Waals surface area contributed by atoms with Gasteiger partial charge < -0.3 is 10.2 Å². The van der Waals surface area contributed by atoms with Crippen LogP contribution in [0.25, 0.3) is 0 Å². The fourth-order valence-corrected chi connectivity index (χ4v) is 2.80. The van der Waals surface area contributed by atoms with E-state index in [-0.39, 0.29) is 6.54 Å². The van der Waals surface area contributed by atoms with Gasteiger partial charge in [-0.2, -0.15) is 0 Å². The Labute approximate surface area is 158 Å². The highest BCUT2D eigenvalue weighted by Gasteiger charge is 2.44. The van der Waals surface area contributed by atoms with E-state index >= 15 is 0 Å². The van der Waals surface area contributed by atoms with Crippen LogP contribution in [0, 0.1) is 6.92 Å². The van der Waals surface area contributed by atoms with Gasteiger partial charge in [-0.3, -0.25) is 19.3 Å². The summed E-state index contributed by atoms with van der Waals surface area (Å²) in [6.07, 6.45) is 1.34. The molecule has 1 saturated heterocycles. The highest BCUT2D eigenvalue weighted by Crippen LogP contribution is 2.15. The fraction of sp³-hybridized carbons (Fsp3) is 0.368. The molecule has 0 atom stereocenters. The van der Waals surface area contributed by atoms with Crippen LogP contribution < -0.4 is 10.2 Å². The molecule has 1 aromatic carbocycles. The quantitative estimate of drug-likeness (QED) is 0.395. The number of rotatable bonds is 9. The van der Waals surface area contributed by atoms with Crippen molar-refractivity contribution in [3.05, 3.63) is 42.5 Å². The van der Waals surface area contributed by atoms with Crippen LogP contribution in [0.5, 0.6) is 0 Å². The first-order chi connectivity index (χ1) is 12.9. The van der Waals surface area contributed by atoms with Crippen molar-refractivity contribution in [1.82, 2.24) is 15.1 Å². The monoisotopic (exact) mass is 372 g/mol. The number of anilines is 1.